The molecule has 8 heteroatoms. The number of hydrogen-bond acceptors (Lipinski definition) is 7. The van der Waals surface area contributed by atoms with Gasteiger partial charge in [0.2, 0.25) is 0 Å². The van der Waals surface area contributed by atoms with Crippen LogP contribution in [0.15, 0.2) is 60.8 Å². The first-order valence-electron chi connectivity index (χ1n) is 21.8. The Morgan fingerprint density at radius 1 is 0.564 bits per heavy atom. The van der Waals surface area contributed by atoms with Gasteiger partial charge in [0.25, 0.3) is 0 Å². The number of likely N-dealkylation sites (N-methyl/N-ethyl adjacent to an activating group) is 1. The summed E-state index contributed by atoms with van der Waals surface area (Å²) >= 11 is 0. The average molecular weight is 772 g/mol. The summed E-state index contributed by atoms with van der Waals surface area (Å²) in [5.41, 5.74) is 0. The molecule has 0 saturated carbocycles. The van der Waals surface area contributed by atoms with Gasteiger partial charge >= 0.3 is 11.9 Å². The number of quaternary nitrogens is 1. The monoisotopic (exact) mass is 772 g/mol. The first kappa shape index (κ1) is 52.0. The lowest BCUT2D eigenvalue weighted by Gasteiger charge is -2.34. The number of rotatable bonds is 38. The van der Waals surface area contributed by atoms with E-state index >= 15 is 0 Å². The molecule has 2 unspecified atom stereocenters. The minimum Gasteiger partial charge on any atom is -0.544 e. The van der Waals surface area contributed by atoms with Crippen LogP contribution in [0, 0.1) is 0 Å². The fourth-order valence-corrected chi connectivity index (χ4v) is 6.04. The Morgan fingerprint density at radius 3 is 1.51 bits per heavy atom. The number of nitrogens with zero attached hydrogens (tertiary/aromatic N) is 1. The van der Waals surface area contributed by atoms with Crippen LogP contribution in [0.2, 0.25) is 0 Å². The highest BCUT2D eigenvalue weighted by molar-refractivity contribution is 5.70. The number of esters is 2. The number of ether oxygens (including phenoxy) is 3. The Hall–Kier alpha value is -2.97. The van der Waals surface area contributed by atoms with Crippen molar-refractivity contribution in [2.75, 3.05) is 41.0 Å². The van der Waals surface area contributed by atoms with Gasteiger partial charge in [-0.25, -0.2) is 0 Å². The SMILES string of the molecule is CC/C=C\C/C=C\C/C=C\C/C=C\C/C=C\CCCCCC(=O)OC(COCCC(C(=O)[O-])[N+](C)(C)C)COC(=O)CCCCCCCCCCCCCC. The molecule has 2 atom stereocenters. The molecule has 0 radical (unpaired) electrons. The molecule has 0 rings (SSSR count). The predicted octanol–water partition coefficient (Wildman–Crippen LogP) is 10.5. The van der Waals surface area contributed by atoms with Crippen LogP contribution < -0.4 is 5.11 Å². The lowest BCUT2D eigenvalue weighted by molar-refractivity contribution is -0.889. The van der Waals surface area contributed by atoms with Gasteiger partial charge < -0.3 is 28.6 Å². The number of carboxylic acids is 1. The minimum absolute atomic E-state index is 0.0264. The Morgan fingerprint density at radius 2 is 1.02 bits per heavy atom. The van der Waals surface area contributed by atoms with Crippen LogP contribution in [0.3, 0.4) is 0 Å². The van der Waals surface area contributed by atoms with Crippen LogP contribution in [0.1, 0.15) is 168 Å². The van der Waals surface area contributed by atoms with E-state index in [4.69, 9.17) is 14.2 Å². The van der Waals surface area contributed by atoms with Crippen molar-refractivity contribution >= 4 is 17.9 Å². The lowest BCUT2D eigenvalue weighted by Crippen LogP contribution is -2.55. The van der Waals surface area contributed by atoms with E-state index in [1.807, 2.05) is 0 Å². The first-order valence-corrected chi connectivity index (χ1v) is 21.8. The second kappa shape index (κ2) is 37.9. The van der Waals surface area contributed by atoms with E-state index < -0.39 is 18.1 Å². The summed E-state index contributed by atoms with van der Waals surface area (Å²) in [6.45, 7) is 4.50. The normalized spacial score (nSPS) is 13.5. The summed E-state index contributed by atoms with van der Waals surface area (Å²) < 4.78 is 17.1. The highest BCUT2D eigenvalue weighted by Crippen LogP contribution is 2.14. The molecule has 0 aliphatic heterocycles. The lowest BCUT2D eigenvalue weighted by atomic mass is 10.0. The Kier molecular flexibility index (Phi) is 35.9. The van der Waals surface area contributed by atoms with Crippen molar-refractivity contribution in [3.63, 3.8) is 0 Å². The third-order valence-electron chi connectivity index (χ3n) is 9.42. The summed E-state index contributed by atoms with van der Waals surface area (Å²) in [4.78, 5) is 36.8. The number of carbonyl (C=O) groups excluding carboxylic acids is 3. The van der Waals surface area contributed by atoms with Crippen LogP contribution in [-0.2, 0) is 28.6 Å². The van der Waals surface area contributed by atoms with Crippen molar-refractivity contribution in [1.29, 1.82) is 0 Å². The number of carboxylic acid groups (broad SMARTS) is 1. The van der Waals surface area contributed by atoms with Gasteiger partial charge in [0.05, 0.1) is 40.3 Å². The average Bonchev–Trinajstić information content (AvgIpc) is 3.14. The summed E-state index contributed by atoms with van der Waals surface area (Å²) in [5.74, 6) is -1.78. The zero-order chi connectivity index (χ0) is 40.7. The van der Waals surface area contributed by atoms with E-state index in [9.17, 15) is 19.5 Å². The van der Waals surface area contributed by atoms with Gasteiger partial charge in [-0.1, -0.05) is 152 Å². The molecule has 55 heavy (non-hydrogen) atoms. The zero-order valence-corrected chi connectivity index (χ0v) is 35.8. The van der Waals surface area contributed by atoms with Crippen molar-refractivity contribution in [1.82, 2.24) is 0 Å². The van der Waals surface area contributed by atoms with Crippen molar-refractivity contribution in [3.8, 4) is 0 Å². The van der Waals surface area contributed by atoms with Crippen LogP contribution >= 0.6 is 0 Å². The fraction of sp³-hybridized carbons (Fsp3) is 0.723. The van der Waals surface area contributed by atoms with E-state index in [1.54, 1.807) is 21.1 Å². The highest BCUT2D eigenvalue weighted by Gasteiger charge is 2.25. The number of aliphatic carboxylic acids is 1. The molecule has 8 nitrogen and oxygen atoms in total. The van der Waals surface area contributed by atoms with Gasteiger partial charge in [0.15, 0.2) is 6.10 Å². The van der Waals surface area contributed by atoms with Crippen molar-refractivity contribution in [2.45, 2.75) is 180 Å². The standard InChI is InChI=1S/C47H81NO7/c1-6-8-10-12-14-16-18-20-21-22-23-24-25-26-28-30-32-34-36-38-46(50)55-43(41-53-40-39-44(47(51)52)48(3,4)5)42-54-45(49)37-35-33-31-29-27-19-17-15-13-11-9-7-2/h8,10,14,16,20-21,23-24,26,28,43-44H,6-7,9,11-13,15,17-19,22,25,27,29-42H2,1-5H3/b10-8-,16-14-,21-20-,24-23-,28-26-. The van der Waals surface area contributed by atoms with Gasteiger partial charge in [0.1, 0.15) is 12.6 Å². The summed E-state index contributed by atoms with van der Waals surface area (Å²) in [6.07, 6.45) is 45.3. The van der Waals surface area contributed by atoms with E-state index in [2.05, 4.69) is 74.6 Å². The van der Waals surface area contributed by atoms with Gasteiger partial charge in [0, 0.05) is 19.3 Å². The predicted molar refractivity (Wildman–Crippen MR) is 226 cm³/mol. The van der Waals surface area contributed by atoms with Crippen LogP contribution in [0.4, 0.5) is 0 Å². The molecule has 0 aromatic heterocycles. The first-order chi connectivity index (χ1) is 26.6. The molecule has 0 saturated heterocycles. The van der Waals surface area contributed by atoms with Gasteiger partial charge in [-0.2, -0.15) is 0 Å². The Labute approximate surface area is 337 Å². The Balaban J connectivity index is 4.42. The van der Waals surface area contributed by atoms with Crippen molar-refractivity contribution in [3.05, 3.63) is 60.8 Å². The van der Waals surface area contributed by atoms with E-state index in [1.165, 1.54) is 57.8 Å². The molecule has 0 N–H and O–H groups in total. The maximum absolute atomic E-state index is 12.7. The van der Waals surface area contributed by atoms with Crippen LogP contribution in [-0.4, -0.2) is 75.5 Å². The summed E-state index contributed by atoms with van der Waals surface area (Å²) in [5, 5.41) is 11.6. The van der Waals surface area contributed by atoms with Crippen molar-refractivity contribution in [2.24, 2.45) is 0 Å². The molecule has 0 heterocycles. The van der Waals surface area contributed by atoms with Gasteiger partial charge in [-0.15, -0.1) is 0 Å². The molecule has 0 spiro atoms. The molecule has 0 amide bonds. The largest absolute Gasteiger partial charge is 0.544 e. The van der Waals surface area contributed by atoms with Gasteiger partial charge in [-0.05, 0) is 57.8 Å². The number of allylic oxidation sites excluding steroid dienone is 10. The van der Waals surface area contributed by atoms with Crippen LogP contribution in [0.25, 0.3) is 0 Å². The molecule has 0 bridgehead atoms. The van der Waals surface area contributed by atoms with E-state index in [0.717, 1.165) is 70.6 Å². The maximum Gasteiger partial charge on any atom is 0.306 e. The second-order valence-electron chi connectivity index (χ2n) is 15.6. The fourth-order valence-electron chi connectivity index (χ4n) is 6.04. The molecule has 316 valence electrons. The number of hydrogen-bond donors (Lipinski definition) is 0. The summed E-state index contributed by atoms with van der Waals surface area (Å²) in [7, 11) is 5.39. The maximum atomic E-state index is 12.7. The number of carbonyl (C=O) groups is 3. The van der Waals surface area contributed by atoms with Crippen molar-refractivity contribution < 1.29 is 38.2 Å². The molecule has 0 aliphatic rings. The third-order valence-corrected chi connectivity index (χ3v) is 9.42. The molecule has 0 aliphatic carbocycles. The zero-order valence-electron chi connectivity index (χ0n) is 35.8. The quantitative estimate of drug-likeness (QED) is 0.0266. The molecular formula is C47H81NO7. The van der Waals surface area contributed by atoms with Crippen LogP contribution in [0.5, 0.6) is 0 Å². The highest BCUT2D eigenvalue weighted by atomic mass is 16.6. The second-order valence-corrected chi connectivity index (χ2v) is 15.6. The number of unbranched alkanes of at least 4 members (excludes halogenated alkanes) is 14. The molecule has 0 aromatic carbocycles. The minimum atomic E-state index is -1.13. The van der Waals surface area contributed by atoms with E-state index in [-0.39, 0.29) is 49.1 Å². The summed E-state index contributed by atoms with van der Waals surface area (Å²) in [6, 6.07) is -0.732. The van der Waals surface area contributed by atoms with E-state index in [0.29, 0.717) is 12.8 Å². The Bertz CT molecular complexity index is 1090. The topological polar surface area (TPSA) is 102 Å². The smallest absolute Gasteiger partial charge is 0.306 e. The molecule has 0 fully saturated rings. The third kappa shape index (κ3) is 36.4. The molecule has 0 aromatic rings. The van der Waals surface area contributed by atoms with Gasteiger partial charge in [-0.3, -0.25) is 9.59 Å². The molecular weight excluding hydrogens is 691 g/mol.